The van der Waals surface area contributed by atoms with Gasteiger partial charge in [-0.05, 0) is 63.6 Å². The topological polar surface area (TPSA) is 49.5 Å². The van der Waals surface area contributed by atoms with Crippen LogP contribution in [0.4, 0.5) is 0 Å². The molecule has 0 radical (unpaired) electrons. The molecule has 3 nitrogen and oxygen atoms in total. The van der Waals surface area contributed by atoms with Crippen LogP contribution in [-0.4, -0.2) is 42.3 Å². The van der Waals surface area contributed by atoms with Gasteiger partial charge < -0.3 is 15.7 Å². The van der Waals surface area contributed by atoms with Gasteiger partial charge in [0.15, 0.2) is 0 Å². The maximum absolute atomic E-state index is 9.09. The van der Waals surface area contributed by atoms with Crippen LogP contribution in [0.2, 0.25) is 0 Å². The third-order valence-corrected chi connectivity index (χ3v) is 4.27. The lowest BCUT2D eigenvalue weighted by molar-refractivity contribution is 0.100. The van der Waals surface area contributed by atoms with E-state index in [-0.39, 0.29) is 0 Å². The van der Waals surface area contributed by atoms with Gasteiger partial charge in [-0.3, -0.25) is 0 Å². The highest BCUT2D eigenvalue weighted by atomic mass is 16.3. The van der Waals surface area contributed by atoms with E-state index in [1.807, 2.05) is 0 Å². The number of likely N-dealkylation sites (tertiary alicyclic amines) is 1. The van der Waals surface area contributed by atoms with E-state index in [0.29, 0.717) is 12.5 Å². The van der Waals surface area contributed by atoms with Gasteiger partial charge >= 0.3 is 0 Å². The zero-order valence-corrected chi connectivity index (χ0v) is 9.57. The van der Waals surface area contributed by atoms with Crippen molar-refractivity contribution in [2.45, 2.75) is 38.1 Å². The Hall–Kier alpha value is -0.120. The average molecular weight is 212 g/mol. The van der Waals surface area contributed by atoms with Crippen LogP contribution >= 0.6 is 0 Å². The lowest BCUT2D eigenvalue weighted by Crippen LogP contribution is -2.41. The highest BCUT2D eigenvalue weighted by Crippen LogP contribution is 2.31. The molecular weight excluding hydrogens is 188 g/mol. The fourth-order valence-corrected chi connectivity index (χ4v) is 3.09. The zero-order valence-electron chi connectivity index (χ0n) is 9.57. The first-order chi connectivity index (χ1) is 7.33. The Kier molecular flexibility index (Phi) is 4.00. The first-order valence-corrected chi connectivity index (χ1v) is 6.38. The SMILES string of the molecule is NCC1CCC(N2CCC(CO)CC2)C1. The molecule has 1 saturated heterocycles. The molecule has 0 amide bonds. The molecule has 2 unspecified atom stereocenters. The van der Waals surface area contributed by atoms with Crippen molar-refractivity contribution < 1.29 is 5.11 Å². The second kappa shape index (κ2) is 5.28. The van der Waals surface area contributed by atoms with Gasteiger partial charge in [-0.2, -0.15) is 0 Å². The first kappa shape index (κ1) is 11.4. The molecule has 1 heterocycles. The third-order valence-electron chi connectivity index (χ3n) is 4.27. The van der Waals surface area contributed by atoms with E-state index < -0.39 is 0 Å². The van der Waals surface area contributed by atoms with E-state index in [1.54, 1.807) is 0 Å². The minimum atomic E-state index is 0.379. The molecule has 3 N–H and O–H groups in total. The smallest absolute Gasteiger partial charge is 0.0460 e. The van der Waals surface area contributed by atoms with Gasteiger partial charge in [0.25, 0.3) is 0 Å². The number of aliphatic hydroxyl groups excluding tert-OH is 1. The van der Waals surface area contributed by atoms with Crippen molar-refractivity contribution >= 4 is 0 Å². The van der Waals surface area contributed by atoms with E-state index in [9.17, 15) is 0 Å². The molecule has 2 rings (SSSR count). The number of piperidine rings is 1. The van der Waals surface area contributed by atoms with Gasteiger partial charge in [0.05, 0.1) is 0 Å². The standard InChI is InChI=1S/C12H24N2O/c13-8-11-1-2-12(7-11)14-5-3-10(9-15)4-6-14/h10-12,15H,1-9,13H2. The second-order valence-corrected chi connectivity index (χ2v) is 5.23. The van der Waals surface area contributed by atoms with Crippen molar-refractivity contribution in [2.24, 2.45) is 17.6 Å². The van der Waals surface area contributed by atoms with Gasteiger partial charge in [-0.1, -0.05) is 0 Å². The van der Waals surface area contributed by atoms with Gasteiger partial charge in [0, 0.05) is 12.6 Å². The van der Waals surface area contributed by atoms with Crippen LogP contribution in [0.1, 0.15) is 32.1 Å². The highest BCUT2D eigenvalue weighted by molar-refractivity contribution is 4.85. The summed E-state index contributed by atoms with van der Waals surface area (Å²) < 4.78 is 0. The largest absolute Gasteiger partial charge is 0.396 e. The average Bonchev–Trinajstić information content (AvgIpc) is 2.78. The van der Waals surface area contributed by atoms with Gasteiger partial charge in [-0.25, -0.2) is 0 Å². The lowest BCUT2D eigenvalue weighted by Gasteiger charge is -2.35. The Bertz CT molecular complexity index is 190. The Morgan fingerprint density at radius 3 is 2.33 bits per heavy atom. The van der Waals surface area contributed by atoms with E-state index in [4.69, 9.17) is 10.8 Å². The van der Waals surface area contributed by atoms with Gasteiger partial charge in [-0.15, -0.1) is 0 Å². The summed E-state index contributed by atoms with van der Waals surface area (Å²) in [6, 6.07) is 0.790. The normalized spacial score (nSPS) is 34.8. The molecule has 2 aliphatic rings. The van der Waals surface area contributed by atoms with Gasteiger partial charge in [0.2, 0.25) is 0 Å². The predicted octanol–water partition coefficient (Wildman–Crippen LogP) is 0.818. The summed E-state index contributed by atoms with van der Waals surface area (Å²) in [6.45, 7) is 3.62. The number of nitrogens with zero attached hydrogens (tertiary/aromatic N) is 1. The number of nitrogens with two attached hydrogens (primary N) is 1. The summed E-state index contributed by atoms with van der Waals surface area (Å²) in [5.74, 6) is 1.33. The fourth-order valence-electron chi connectivity index (χ4n) is 3.09. The summed E-state index contributed by atoms with van der Waals surface area (Å²) in [6.07, 6.45) is 6.33. The van der Waals surface area contributed by atoms with Crippen molar-refractivity contribution in [1.29, 1.82) is 0 Å². The Balaban J connectivity index is 1.76. The van der Waals surface area contributed by atoms with E-state index >= 15 is 0 Å². The second-order valence-electron chi connectivity index (χ2n) is 5.23. The molecular formula is C12H24N2O. The van der Waals surface area contributed by atoms with Crippen LogP contribution in [0, 0.1) is 11.8 Å². The Morgan fingerprint density at radius 2 is 1.80 bits per heavy atom. The van der Waals surface area contributed by atoms with Crippen LogP contribution in [0.3, 0.4) is 0 Å². The monoisotopic (exact) mass is 212 g/mol. The quantitative estimate of drug-likeness (QED) is 0.728. The maximum Gasteiger partial charge on any atom is 0.0460 e. The van der Waals surface area contributed by atoms with Crippen LogP contribution in [0.5, 0.6) is 0 Å². The van der Waals surface area contributed by atoms with Crippen molar-refractivity contribution in [3.05, 3.63) is 0 Å². The number of hydrogen-bond acceptors (Lipinski definition) is 3. The lowest BCUT2D eigenvalue weighted by atomic mass is 9.96. The molecule has 0 bridgehead atoms. The third kappa shape index (κ3) is 2.71. The molecule has 88 valence electrons. The molecule has 0 aromatic heterocycles. The molecule has 0 spiro atoms. The van der Waals surface area contributed by atoms with Crippen molar-refractivity contribution in [3.63, 3.8) is 0 Å². The van der Waals surface area contributed by atoms with Gasteiger partial charge in [0.1, 0.15) is 0 Å². The maximum atomic E-state index is 9.09. The highest BCUT2D eigenvalue weighted by Gasteiger charge is 2.30. The fraction of sp³-hybridized carbons (Fsp3) is 1.00. The molecule has 1 aliphatic heterocycles. The summed E-state index contributed by atoms with van der Waals surface area (Å²) in [5, 5.41) is 9.09. The summed E-state index contributed by atoms with van der Waals surface area (Å²) in [4.78, 5) is 2.63. The molecule has 2 atom stereocenters. The summed E-state index contributed by atoms with van der Waals surface area (Å²) in [7, 11) is 0. The molecule has 0 aromatic carbocycles. The number of rotatable bonds is 3. The van der Waals surface area contributed by atoms with E-state index in [0.717, 1.165) is 18.5 Å². The Labute approximate surface area is 92.6 Å². The predicted molar refractivity (Wildman–Crippen MR) is 61.6 cm³/mol. The van der Waals surface area contributed by atoms with Crippen molar-refractivity contribution in [3.8, 4) is 0 Å². The van der Waals surface area contributed by atoms with Crippen LogP contribution in [-0.2, 0) is 0 Å². The molecule has 3 heteroatoms. The van der Waals surface area contributed by atoms with Crippen LogP contribution in [0.25, 0.3) is 0 Å². The van der Waals surface area contributed by atoms with E-state index in [1.165, 1.54) is 45.2 Å². The molecule has 15 heavy (non-hydrogen) atoms. The minimum absolute atomic E-state index is 0.379. The first-order valence-electron chi connectivity index (χ1n) is 6.38. The number of aliphatic hydroxyl groups is 1. The Morgan fingerprint density at radius 1 is 1.07 bits per heavy atom. The molecule has 0 aromatic rings. The number of hydrogen-bond donors (Lipinski definition) is 2. The summed E-state index contributed by atoms with van der Waals surface area (Å²) >= 11 is 0. The minimum Gasteiger partial charge on any atom is -0.396 e. The van der Waals surface area contributed by atoms with Crippen LogP contribution in [0.15, 0.2) is 0 Å². The molecule has 2 fully saturated rings. The zero-order chi connectivity index (χ0) is 10.7. The van der Waals surface area contributed by atoms with E-state index in [2.05, 4.69) is 4.90 Å². The van der Waals surface area contributed by atoms with Crippen molar-refractivity contribution in [1.82, 2.24) is 4.90 Å². The summed E-state index contributed by atoms with van der Waals surface area (Å²) in [5.41, 5.74) is 5.72. The van der Waals surface area contributed by atoms with Crippen LogP contribution < -0.4 is 5.73 Å². The van der Waals surface area contributed by atoms with Crippen molar-refractivity contribution in [2.75, 3.05) is 26.2 Å². The molecule has 1 saturated carbocycles. The molecule has 1 aliphatic carbocycles.